The topological polar surface area (TPSA) is 153 Å². The van der Waals surface area contributed by atoms with Crippen molar-refractivity contribution in [3.8, 4) is 22.3 Å². The standard InChI is InChI=1S/C40H29BO3S2.2C28H21BO4S.C28H21BO3S2/c1-39(2)40(3,4)44-41(43-39)25-20-28-33-29(21-25)46-38-31(23-15-9-6-10-16-23)30(22-13-7-5-8-14-22)36-34(35(33)38)32-27(42-36)19-24-17-11-12-18-26(24)37(32)45-28;1-27(2)28(3,4)33-29(32-27)15-12-19-22-21(13-15)34-20-10-9-17-23(25(20)22)24-18(30-17)11-14-7-5-6-8-16(14)26(24)31-19;1-27(2)28(3,4)33-29(32-27)15-12-20-22-21(13-15)34-26-16-8-6-5-7-14(16)11-19-25(26)24-18(30-19)10-9-17(31-20)23(22)24;1-27(2)28(3,4)32-29(31-27)15-12-17-22-21(13-15)34-18-9-10-19-24(23(18)22)25-20(33-19)11-14-7-5-6-8-16(14)26(25)30-17/h5-21H,1-4H3;3*5-13H,1-4H3. The Morgan fingerprint density at radius 3 is 0.912 bits per heavy atom. The van der Waals surface area contributed by atoms with Gasteiger partial charge < -0.3 is 63.7 Å². The molecule has 16 heterocycles. The van der Waals surface area contributed by atoms with E-state index in [1.165, 1.54) is 139 Å². The van der Waals surface area contributed by atoms with E-state index in [0.717, 1.165) is 158 Å². The molecule has 0 amide bonds. The smallest absolute Gasteiger partial charge is 0.456 e. The van der Waals surface area contributed by atoms with Gasteiger partial charge in [0.05, 0.1) is 50.2 Å². The SMILES string of the molecule is CC1(C)OB(c2cc3oc4c5ccccc5cc5oc6ccc7sc(c2)c3c7c6c54)OC1(C)C.CC1(C)OB(c2cc3oc4c5ccccc5cc5sc6ccc7sc(c2)c3c7c6c54)OC1(C)C.CC1(C)OB(c2cc3oc4ccc5oc6cc7ccccc7c7sc(c2)c3c4c5c67)OC1(C)C.CC1(C)OB(c2cc3sc4c(-c5ccccc5)c(-c5ccccc5)c5oc6cc7ccccc7c7sc(c2)c3c4c5c67)OC1(C)C. The minimum Gasteiger partial charge on any atom is -0.456 e. The van der Waals surface area contributed by atoms with Gasteiger partial charge in [0.1, 0.15) is 67.0 Å². The van der Waals surface area contributed by atoms with Crippen LogP contribution in [0.2, 0.25) is 0 Å². The molecule has 0 radical (unpaired) electrons. The van der Waals surface area contributed by atoms with Crippen LogP contribution in [-0.4, -0.2) is 73.3 Å². The predicted molar refractivity (Wildman–Crippen MR) is 625 cm³/mol. The van der Waals surface area contributed by atoms with E-state index in [1.54, 1.807) is 22.7 Å². The van der Waals surface area contributed by atoms with Crippen LogP contribution in [0, 0.1) is 0 Å². The molecule has 4 aliphatic heterocycles. The summed E-state index contributed by atoms with van der Waals surface area (Å²) in [4.78, 5) is 0. The molecule has 0 saturated carbocycles. The zero-order valence-electron chi connectivity index (χ0n) is 83.9. The Kier molecular flexibility index (Phi) is 18.3. The first kappa shape index (κ1) is 89.1. The highest BCUT2D eigenvalue weighted by molar-refractivity contribution is 7.31. The lowest BCUT2D eigenvalue weighted by molar-refractivity contribution is 0.00578. The van der Waals surface area contributed by atoms with E-state index >= 15 is 0 Å². The van der Waals surface area contributed by atoms with Crippen LogP contribution in [0.3, 0.4) is 0 Å². The lowest BCUT2D eigenvalue weighted by atomic mass is 9.78. The third-order valence-corrected chi connectivity index (χ3v) is 40.6. The highest BCUT2D eigenvalue weighted by atomic mass is 32.1. The maximum atomic E-state index is 7.05. The Morgan fingerprint density at radius 2 is 0.459 bits per heavy atom. The maximum Gasteiger partial charge on any atom is 0.495 e. The van der Waals surface area contributed by atoms with Gasteiger partial charge in [-0.1, -0.05) is 158 Å². The van der Waals surface area contributed by atoms with Crippen LogP contribution >= 0.6 is 68.0 Å². The molecule has 14 nitrogen and oxygen atoms in total. The van der Waals surface area contributed by atoms with Gasteiger partial charge in [-0.05, 0) is 285 Å². The van der Waals surface area contributed by atoms with Crippen molar-refractivity contribution in [2.24, 2.45) is 0 Å². The molecule has 4 saturated heterocycles. The summed E-state index contributed by atoms with van der Waals surface area (Å²) >= 11 is 11.0. The Bertz CT molecular complexity index is 10100. The van der Waals surface area contributed by atoms with Crippen LogP contribution in [0.4, 0.5) is 0 Å². The highest BCUT2D eigenvalue weighted by Gasteiger charge is 2.56. The molecule has 0 bridgehead atoms. The van der Waals surface area contributed by atoms with E-state index in [2.05, 4.69) is 360 Å². The summed E-state index contributed by atoms with van der Waals surface area (Å²) in [5.41, 5.74) is 16.2. The third kappa shape index (κ3) is 12.5. The fourth-order valence-corrected chi connectivity index (χ4v) is 31.2. The van der Waals surface area contributed by atoms with E-state index in [1.807, 2.05) is 63.5 Å². The molecule has 720 valence electrons. The van der Waals surface area contributed by atoms with Gasteiger partial charge in [0.15, 0.2) is 0 Å². The number of benzene rings is 18. The van der Waals surface area contributed by atoms with Crippen LogP contribution < -0.4 is 21.9 Å². The summed E-state index contributed by atoms with van der Waals surface area (Å²) in [5.74, 6) is 0. The monoisotopic (exact) mass is 2040 g/mol. The van der Waals surface area contributed by atoms with E-state index < -0.39 is 62.1 Å². The summed E-state index contributed by atoms with van der Waals surface area (Å²) in [6.45, 7) is 33.5. The highest BCUT2D eigenvalue weighted by Crippen LogP contribution is 2.60. The van der Waals surface area contributed by atoms with Crippen LogP contribution in [0.1, 0.15) is 111 Å². The van der Waals surface area contributed by atoms with Crippen molar-refractivity contribution in [3.63, 3.8) is 0 Å². The average Bonchev–Trinajstić information content (AvgIpc) is 1.52. The number of furan rings is 4. The number of rotatable bonds is 6. The first-order valence-corrected chi connectivity index (χ1v) is 55.5. The minimum atomic E-state index is -0.448. The summed E-state index contributed by atoms with van der Waals surface area (Å²) < 4.78 is 106. The largest absolute Gasteiger partial charge is 0.495 e. The number of hydrogen-bond acceptors (Lipinski definition) is 20. The van der Waals surface area contributed by atoms with Crippen molar-refractivity contribution in [1.29, 1.82) is 0 Å². The maximum absolute atomic E-state index is 7.05. The van der Waals surface area contributed by atoms with Gasteiger partial charge in [-0.3, -0.25) is 0 Å². The van der Waals surface area contributed by atoms with E-state index in [4.69, 9.17) is 63.7 Å². The normalized spacial score (nSPS) is 17.6. The van der Waals surface area contributed by atoms with Gasteiger partial charge >= 0.3 is 28.5 Å². The zero-order chi connectivity index (χ0) is 99.9. The van der Waals surface area contributed by atoms with E-state index in [-0.39, 0.29) is 11.2 Å². The van der Waals surface area contributed by atoms with Gasteiger partial charge in [-0.25, -0.2) is 0 Å². The Morgan fingerprint density at radius 1 is 0.176 bits per heavy atom. The molecule has 0 aliphatic carbocycles. The van der Waals surface area contributed by atoms with Crippen LogP contribution in [-0.2, 0) is 37.2 Å². The van der Waals surface area contributed by atoms with Crippen molar-refractivity contribution in [3.05, 3.63) is 267 Å². The molecule has 12 aromatic heterocycles. The molecule has 148 heavy (non-hydrogen) atoms. The molecule has 34 rings (SSSR count). The van der Waals surface area contributed by atoms with E-state index in [9.17, 15) is 0 Å². The van der Waals surface area contributed by atoms with Gasteiger partial charge in [0.25, 0.3) is 0 Å². The fourth-order valence-electron chi connectivity index (χ4n) is 23.6. The molecule has 24 heteroatoms. The lowest BCUT2D eigenvalue weighted by Gasteiger charge is -2.32. The minimum absolute atomic E-state index is 0.389. The summed E-state index contributed by atoms with van der Waals surface area (Å²) in [6.07, 6.45) is 0. The molecule has 0 N–H and O–H groups in total. The number of thiophene rings is 4. The van der Waals surface area contributed by atoms with Crippen LogP contribution in [0.15, 0.2) is 293 Å². The van der Waals surface area contributed by atoms with Gasteiger partial charge in [0.2, 0.25) is 0 Å². The Hall–Kier alpha value is -12.9. The second-order valence-corrected chi connectivity index (χ2v) is 51.1. The van der Waals surface area contributed by atoms with Gasteiger partial charge in [0, 0.05) is 159 Å². The predicted octanol–water partition coefficient (Wildman–Crippen LogP) is 34.6. The van der Waals surface area contributed by atoms with Gasteiger partial charge in [-0.2, -0.15) is 0 Å². The van der Waals surface area contributed by atoms with Crippen LogP contribution in [0.5, 0.6) is 0 Å². The molecule has 4 aliphatic rings. The quantitative estimate of drug-likeness (QED) is 0.145. The summed E-state index contributed by atoms with van der Waals surface area (Å²) in [6, 6.07) is 94.9. The zero-order valence-corrected chi connectivity index (χ0v) is 88.8. The van der Waals surface area contributed by atoms with Crippen molar-refractivity contribution in [1.82, 2.24) is 0 Å². The first-order chi connectivity index (χ1) is 71.2. The Balaban J connectivity index is 0.0000000900. The Labute approximate surface area is 872 Å². The number of fused-ring (bicyclic) bond motifs is 8. The number of hydrogen-bond donors (Lipinski definition) is 0. The molecular weight excluding hydrogens is 1950 g/mol. The van der Waals surface area contributed by atoms with Crippen molar-refractivity contribution in [2.75, 3.05) is 0 Å². The summed E-state index contributed by atoms with van der Waals surface area (Å²) in [7, 11) is -1.76. The molecule has 0 atom stereocenters. The lowest BCUT2D eigenvalue weighted by Crippen LogP contribution is -2.41. The van der Waals surface area contributed by atoms with Gasteiger partial charge in [-0.15, -0.1) is 68.0 Å². The fraction of sp³-hybridized carbons (Fsp3) is 0.194. The molecule has 0 spiro atoms. The average molecular weight is 2040 g/mol. The molecule has 4 fully saturated rings. The first-order valence-electron chi connectivity index (χ1n) is 50.6. The van der Waals surface area contributed by atoms with Crippen LogP contribution in [0.25, 0.3) is 275 Å². The van der Waals surface area contributed by atoms with Crippen molar-refractivity contribution in [2.45, 2.75) is 156 Å². The second-order valence-electron chi connectivity index (χ2n) is 44.7. The summed E-state index contributed by atoms with van der Waals surface area (Å²) in [5, 5.41) is 28.5. The van der Waals surface area contributed by atoms with Crippen molar-refractivity contribution >= 4 is 371 Å². The third-order valence-electron chi connectivity index (χ3n) is 33.8. The molecule has 0 unspecified atom stereocenters. The molecule has 30 aromatic rings. The van der Waals surface area contributed by atoms with Crippen molar-refractivity contribution < 1.29 is 63.7 Å². The second kappa shape index (κ2) is 30.5. The van der Waals surface area contributed by atoms with E-state index in [0.29, 0.717) is 0 Å². The molecular formula is C124H92B4O14S6. The molecule has 18 aromatic carbocycles.